The Hall–Kier alpha value is -2.56. The SMILES string of the molecule is CN(C)[C@H]1CCCC[C@@H]1Nc1c(NCc2cc(C(F)(F)F)cc(C(F)(F)F)c2)c(=O)c1=O. The van der Waals surface area contributed by atoms with Gasteiger partial charge in [-0.15, -0.1) is 0 Å². The first kappa shape index (κ1) is 24.1. The van der Waals surface area contributed by atoms with Crippen LogP contribution in [0.5, 0.6) is 0 Å². The zero-order valence-corrected chi connectivity index (χ0v) is 17.5. The third kappa shape index (κ3) is 5.08. The summed E-state index contributed by atoms with van der Waals surface area (Å²) in [6.45, 7) is -0.478. The minimum Gasteiger partial charge on any atom is -0.376 e. The van der Waals surface area contributed by atoms with Crippen LogP contribution in [0.15, 0.2) is 27.8 Å². The third-order valence-corrected chi connectivity index (χ3v) is 5.75. The Kier molecular flexibility index (Phi) is 6.60. The first-order valence-corrected chi connectivity index (χ1v) is 10.1. The van der Waals surface area contributed by atoms with Gasteiger partial charge in [-0.25, -0.2) is 0 Å². The van der Waals surface area contributed by atoms with Crippen LogP contribution in [0.1, 0.15) is 42.4 Å². The van der Waals surface area contributed by atoms with E-state index < -0.39 is 40.9 Å². The minimum absolute atomic E-state index is 0.0248. The van der Waals surface area contributed by atoms with Gasteiger partial charge in [0.2, 0.25) is 0 Å². The number of nitrogens with zero attached hydrogens (tertiary/aromatic N) is 1. The molecule has 1 fully saturated rings. The van der Waals surface area contributed by atoms with Crippen molar-refractivity contribution in [2.75, 3.05) is 24.7 Å². The highest BCUT2D eigenvalue weighted by Crippen LogP contribution is 2.36. The van der Waals surface area contributed by atoms with Gasteiger partial charge in [0.1, 0.15) is 11.4 Å². The van der Waals surface area contributed by atoms with Gasteiger partial charge in [-0.1, -0.05) is 12.8 Å². The van der Waals surface area contributed by atoms with E-state index in [1.165, 1.54) is 0 Å². The fourth-order valence-electron chi connectivity index (χ4n) is 4.09. The highest BCUT2D eigenvalue weighted by Gasteiger charge is 2.37. The highest BCUT2D eigenvalue weighted by atomic mass is 19.4. The molecule has 0 aliphatic heterocycles. The van der Waals surface area contributed by atoms with Crippen LogP contribution in [0.3, 0.4) is 0 Å². The van der Waals surface area contributed by atoms with Crippen molar-refractivity contribution < 1.29 is 26.3 Å². The summed E-state index contributed by atoms with van der Waals surface area (Å²) in [5.41, 5.74) is -4.90. The quantitative estimate of drug-likeness (QED) is 0.496. The summed E-state index contributed by atoms with van der Waals surface area (Å²) < 4.78 is 78.2. The molecule has 2 aromatic carbocycles. The van der Waals surface area contributed by atoms with Crippen LogP contribution < -0.4 is 21.5 Å². The molecule has 32 heavy (non-hydrogen) atoms. The Morgan fingerprint density at radius 2 is 1.41 bits per heavy atom. The van der Waals surface area contributed by atoms with Crippen LogP contribution in [0, 0.1) is 0 Å². The van der Waals surface area contributed by atoms with Crippen molar-refractivity contribution in [2.24, 2.45) is 0 Å². The lowest BCUT2D eigenvalue weighted by Gasteiger charge is -2.37. The Morgan fingerprint density at radius 3 is 1.94 bits per heavy atom. The van der Waals surface area contributed by atoms with Crippen molar-refractivity contribution >= 4 is 11.4 Å². The van der Waals surface area contributed by atoms with E-state index in [9.17, 15) is 35.9 Å². The van der Waals surface area contributed by atoms with Crippen molar-refractivity contribution in [3.05, 3.63) is 55.3 Å². The lowest BCUT2D eigenvalue weighted by atomic mass is 9.89. The molecule has 176 valence electrons. The number of hydrogen-bond donors (Lipinski definition) is 2. The standard InChI is InChI=1S/C21H23F6N3O2/c1-30(2)15-6-4-3-5-14(15)29-17-16(18(31)19(17)32)28-10-11-7-12(20(22,23)24)9-13(8-11)21(25,26)27/h7-9,14-15,28-29H,3-6,10H2,1-2H3/t14-,15-/m0/s1. The Balaban J connectivity index is 1.82. The van der Waals surface area contributed by atoms with E-state index in [1.807, 2.05) is 19.0 Å². The molecule has 1 saturated carbocycles. The molecule has 2 N–H and O–H groups in total. The first-order chi connectivity index (χ1) is 14.8. The molecule has 0 spiro atoms. The number of alkyl halides is 6. The third-order valence-electron chi connectivity index (χ3n) is 5.75. The first-order valence-electron chi connectivity index (χ1n) is 10.1. The number of likely N-dealkylation sites (N-methyl/N-ethyl adjacent to an activating group) is 1. The molecule has 1 aliphatic rings. The largest absolute Gasteiger partial charge is 0.416 e. The van der Waals surface area contributed by atoms with Crippen LogP contribution in [-0.4, -0.2) is 31.1 Å². The molecule has 3 rings (SSSR count). The van der Waals surface area contributed by atoms with E-state index in [4.69, 9.17) is 0 Å². The van der Waals surface area contributed by atoms with Crippen LogP contribution in [0.4, 0.5) is 37.7 Å². The Morgan fingerprint density at radius 1 is 0.875 bits per heavy atom. The van der Waals surface area contributed by atoms with Gasteiger partial charge in [-0.3, -0.25) is 9.59 Å². The van der Waals surface area contributed by atoms with Crippen molar-refractivity contribution in [3.8, 4) is 0 Å². The van der Waals surface area contributed by atoms with Gasteiger partial charge in [-0.05, 0) is 50.7 Å². The molecule has 0 amide bonds. The van der Waals surface area contributed by atoms with Crippen LogP contribution in [0.25, 0.3) is 0 Å². The lowest BCUT2D eigenvalue weighted by molar-refractivity contribution is -0.143. The van der Waals surface area contributed by atoms with Crippen molar-refractivity contribution in [1.29, 1.82) is 0 Å². The van der Waals surface area contributed by atoms with Crippen molar-refractivity contribution in [2.45, 2.75) is 56.7 Å². The van der Waals surface area contributed by atoms with Gasteiger partial charge < -0.3 is 15.5 Å². The number of halogens is 6. The average molecular weight is 463 g/mol. The maximum atomic E-state index is 13.0. The van der Waals surface area contributed by atoms with Gasteiger partial charge >= 0.3 is 12.4 Å². The molecule has 0 heterocycles. The zero-order chi connectivity index (χ0) is 23.8. The molecular weight excluding hydrogens is 440 g/mol. The van der Waals surface area contributed by atoms with E-state index in [0.29, 0.717) is 12.1 Å². The topological polar surface area (TPSA) is 61.4 Å². The minimum atomic E-state index is -4.97. The molecule has 2 atom stereocenters. The Bertz CT molecular complexity index is 1010. The number of hydrogen-bond acceptors (Lipinski definition) is 5. The van der Waals surface area contributed by atoms with Gasteiger partial charge in [0.25, 0.3) is 10.9 Å². The fraction of sp³-hybridized carbons (Fsp3) is 0.524. The predicted octanol–water partition coefficient (Wildman–Crippen LogP) is 4.22. The molecule has 0 radical (unpaired) electrons. The van der Waals surface area contributed by atoms with Crippen LogP contribution >= 0.6 is 0 Å². The molecule has 0 aromatic heterocycles. The maximum Gasteiger partial charge on any atom is 0.416 e. The molecule has 11 heteroatoms. The van der Waals surface area contributed by atoms with Crippen molar-refractivity contribution in [1.82, 2.24) is 4.90 Å². The van der Waals surface area contributed by atoms with Crippen molar-refractivity contribution in [3.63, 3.8) is 0 Å². The van der Waals surface area contributed by atoms with Gasteiger partial charge in [0, 0.05) is 18.6 Å². The second-order valence-corrected chi connectivity index (χ2v) is 8.24. The molecule has 5 nitrogen and oxygen atoms in total. The smallest absolute Gasteiger partial charge is 0.376 e. The fourth-order valence-corrected chi connectivity index (χ4v) is 4.09. The van der Waals surface area contributed by atoms with E-state index >= 15 is 0 Å². The summed E-state index contributed by atoms with van der Waals surface area (Å²) in [6.07, 6.45) is -6.31. The molecular formula is C21H23F6N3O2. The van der Waals surface area contributed by atoms with Gasteiger partial charge in [0.05, 0.1) is 11.1 Å². The van der Waals surface area contributed by atoms with Gasteiger partial charge in [-0.2, -0.15) is 26.3 Å². The monoisotopic (exact) mass is 463 g/mol. The average Bonchev–Trinajstić information content (AvgIpc) is 2.71. The summed E-state index contributed by atoms with van der Waals surface area (Å²) in [6, 6.07) is 1.23. The van der Waals surface area contributed by atoms with E-state index in [2.05, 4.69) is 10.6 Å². The molecule has 0 unspecified atom stereocenters. The number of benzene rings is 1. The van der Waals surface area contributed by atoms with E-state index in [-0.39, 0.29) is 35.1 Å². The number of rotatable bonds is 6. The van der Waals surface area contributed by atoms with E-state index in [0.717, 1.165) is 25.7 Å². The normalized spacial score (nSPS) is 20.0. The summed E-state index contributed by atoms with van der Waals surface area (Å²) in [5.74, 6) is 0. The number of nitrogens with one attached hydrogen (secondary N) is 2. The molecule has 0 saturated heterocycles. The highest BCUT2D eigenvalue weighted by molar-refractivity contribution is 5.74. The summed E-state index contributed by atoms with van der Waals surface area (Å²) >= 11 is 0. The Labute approximate surface area is 180 Å². The molecule has 0 bridgehead atoms. The maximum absolute atomic E-state index is 13.0. The summed E-state index contributed by atoms with van der Waals surface area (Å²) in [4.78, 5) is 26.1. The summed E-state index contributed by atoms with van der Waals surface area (Å²) in [5, 5.41) is 5.62. The summed E-state index contributed by atoms with van der Waals surface area (Å²) in [7, 11) is 3.80. The van der Waals surface area contributed by atoms with Crippen LogP contribution in [-0.2, 0) is 18.9 Å². The molecule has 1 aliphatic carbocycles. The lowest BCUT2D eigenvalue weighted by Crippen LogP contribution is -2.48. The zero-order valence-electron chi connectivity index (χ0n) is 17.5. The van der Waals surface area contributed by atoms with Crippen LogP contribution in [0.2, 0.25) is 0 Å². The second-order valence-electron chi connectivity index (χ2n) is 8.24. The molecule has 2 aromatic rings. The second kappa shape index (κ2) is 8.76. The van der Waals surface area contributed by atoms with E-state index in [1.54, 1.807) is 0 Å². The predicted molar refractivity (Wildman–Crippen MR) is 108 cm³/mol. The number of anilines is 2. The van der Waals surface area contributed by atoms with Gasteiger partial charge in [0.15, 0.2) is 0 Å².